The Morgan fingerprint density at radius 3 is 3.00 bits per heavy atom. The lowest BCUT2D eigenvalue weighted by Crippen LogP contribution is -2.24. The molecule has 6 heteroatoms. The van der Waals surface area contributed by atoms with E-state index in [9.17, 15) is 9.59 Å². The first kappa shape index (κ1) is 12.4. The van der Waals surface area contributed by atoms with E-state index in [1.807, 2.05) is 18.2 Å². The average molecular weight is 270 g/mol. The zero-order valence-corrected chi connectivity index (χ0v) is 11.0. The van der Waals surface area contributed by atoms with Gasteiger partial charge in [0, 0.05) is 18.8 Å². The quantitative estimate of drug-likeness (QED) is 0.880. The van der Waals surface area contributed by atoms with Crippen molar-refractivity contribution in [3.8, 4) is 0 Å². The van der Waals surface area contributed by atoms with Crippen molar-refractivity contribution in [1.29, 1.82) is 0 Å². The summed E-state index contributed by atoms with van der Waals surface area (Å²) >= 11 is 0. The first-order chi connectivity index (χ1) is 9.63. The van der Waals surface area contributed by atoms with E-state index in [0.717, 1.165) is 5.56 Å². The standard InChI is InChI=1S/C14H14N4O2/c1-18-8-9(7-15-18)16-13(19)6-12-10-4-2-3-5-11(10)14(20)17-12/h2-5,7-8,12H,6H2,1H3,(H,16,19)(H,17,20)/t12-/m1/s1. The fourth-order valence-electron chi connectivity index (χ4n) is 2.37. The number of benzene rings is 1. The van der Waals surface area contributed by atoms with E-state index in [1.54, 1.807) is 30.2 Å². The van der Waals surface area contributed by atoms with E-state index >= 15 is 0 Å². The van der Waals surface area contributed by atoms with E-state index in [0.29, 0.717) is 11.3 Å². The molecular weight excluding hydrogens is 256 g/mol. The van der Waals surface area contributed by atoms with Crippen molar-refractivity contribution in [3.63, 3.8) is 0 Å². The number of carbonyl (C=O) groups is 2. The van der Waals surface area contributed by atoms with Gasteiger partial charge >= 0.3 is 0 Å². The molecule has 1 atom stereocenters. The molecule has 2 aromatic rings. The molecule has 6 nitrogen and oxygen atoms in total. The second kappa shape index (κ2) is 4.80. The highest BCUT2D eigenvalue weighted by Gasteiger charge is 2.29. The minimum atomic E-state index is -0.268. The maximum atomic E-state index is 12.0. The van der Waals surface area contributed by atoms with Crippen molar-refractivity contribution in [2.24, 2.45) is 7.05 Å². The lowest BCUT2D eigenvalue weighted by Gasteiger charge is -2.11. The Hall–Kier alpha value is -2.63. The predicted octanol–water partition coefficient (Wildman–Crippen LogP) is 1.23. The van der Waals surface area contributed by atoms with Gasteiger partial charge in [-0.2, -0.15) is 5.10 Å². The molecule has 0 saturated carbocycles. The summed E-state index contributed by atoms with van der Waals surface area (Å²) in [6, 6.07) is 7.05. The molecule has 2 amide bonds. The summed E-state index contributed by atoms with van der Waals surface area (Å²) < 4.78 is 1.61. The fourth-order valence-corrected chi connectivity index (χ4v) is 2.37. The number of fused-ring (bicyclic) bond motifs is 1. The normalized spacial score (nSPS) is 16.6. The molecule has 2 heterocycles. The molecule has 0 radical (unpaired) electrons. The zero-order chi connectivity index (χ0) is 14.1. The molecule has 0 spiro atoms. The molecule has 0 saturated heterocycles. The molecule has 1 aromatic heterocycles. The minimum Gasteiger partial charge on any atom is -0.345 e. The van der Waals surface area contributed by atoms with E-state index in [-0.39, 0.29) is 24.3 Å². The third kappa shape index (κ3) is 2.27. The van der Waals surface area contributed by atoms with Gasteiger partial charge in [0.05, 0.1) is 24.3 Å². The molecule has 2 N–H and O–H groups in total. The number of nitrogens with one attached hydrogen (secondary N) is 2. The highest BCUT2D eigenvalue weighted by Crippen LogP contribution is 2.27. The Morgan fingerprint density at radius 1 is 1.45 bits per heavy atom. The van der Waals surface area contributed by atoms with Crippen LogP contribution in [0.3, 0.4) is 0 Å². The molecule has 102 valence electrons. The van der Waals surface area contributed by atoms with Crippen LogP contribution in [0.2, 0.25) is 0 Å². The van der Waals surface area contributed by atoms with Gasteiger partial charge in [-0.15, -0.1) is 0 Å². The Morgan fingerprint density at radius 2 is 2.25 bits per heavy atom. The minimum absolute atomic E-state index is 0.125. The van der Waals surface area contributed by atoms with Crippen LogP contribution in [0, 0.1) is 0 Å². The molecule has 1 aliphatic rings. The monoisotopic (exact) mass is 270 g/mol. The van der Waals surface area contributed by atoms with Gasteiger partial charge < -0.3 is 10.6 Å². The van der Waals surface area contributed by atoms with E-state index in [4.69, 9.17) is 0 Å². The van der Waals surface area contributed by atoms with Gasteiger partial charge in [-0.3, -0.25) is 14.3 Å². The highest BCUT2D eigenvalue weighted by atomic mass is 16.2. The fraction of sp³-hybridized carbons (Fsp3) is 0.214. The van der Waals surface area contributed by atoms with Crippen LogP contribution in [0.25, 0.3) is 0 Å². The van der Waals surface area contributed by atoms with Crippen molar-refractivity contribution < 1.29 is 9.59 Å². The predicted molar refractivity (Wildman–Crippen MR) is 73.1 cm³/mol. The molecular formula is C14H14N4O2. The van der Waals surface area contributed by atoms with Gasteiger partial charge in [0.2, 0.25) is 5.91 Å². The number of aromatic nitrogens is 2. The first-order valence-corrected chi connectivity index (χ1v) is 6.32. The topological polar surface area (TPSA) is 76.0 Å². The second-order valence-electron chi connectivity index (χ2n) is 4.77. The SMILES string of the molecule is Cn1cc(NC(=O)C[C@H]2NC(=O)c3ccccc32)cn1. The van der Waals surface area contributed by atoms with Gasteiger partial charge in [-0.1, -0.05) is 18.2 Å². The molecule has 1 aromatic carbocycles. The zero-order valence-electron chi connectivity index (χ0n) is 11.0. The smallest absolute Gasteiger partial charge is 0.252 e. The lowest BCUT2D eigenvalue weighted by molar-refractivity contribution is -0.116. The summed E-state index contributed by atoms with van der Waals surface area (Å²) in [5.41, 5.74) is 2.17. The molecule has 0 unspecified atom stereocenters. The van der Waals surface area contributed by atoms with Crippen LogP contribution in [0.5, 0.6) is 0 Å². The first-order valence-electron chi connectivity index (χ1n) is 6.32. The molecule has 1 aliphatic heterocycles. The maximum absolute atomic E-state index is 12.0. The van der Waals surface area contributed by atoms with Crippen LogP contribution in [-0.2, 0) is 11.8 Å². The van der Waals surface area contributed by atoms with Gasteiger partial charge in [0.1, 0.15) is 0 Å². The van der Waals surface area contributed by atoms with Crippen LogP contribution < -0.4 is 10.6 Å². The van der Waals surface area contributed by atoms with Crippen LogP contribution >= 0.6 is 0 Å². The van der Waals surface area contributed by atoms with Crippen molar-refractivity contribution in [2.75, 3.05) is 5.32 Å². The van der Waals surface area contributed by atoms with Gasteiger partial charge in [-0.25, -0.2) is 0 Å². The Bertz CT molecular complexity index is 677. The second-order valence-corrected chi connectivity index (χ2v) is 4.77. The van der Waals surface area contributed by atoms with Gasteiger partial charge in [0.15, 0.2) is 0 Å². The maximum Gasteiger partial charge on any atom is 0.252 e. The Kier molecular flexibility index (Phi) is 2.98. The van der Waals surface area contributed by atoms with Crippen LogP contribution in [0.4, 0.5) is 5.69 Å². The molecule has 0 fully saturated rings. The number of amides is 2. The van der Waals surface area contributed by atoms with Crippen LogP contribution in [0.1, 0.15) is 28.4 Å². The summed E-state index contributed by atoms with van der Waals surface area (Å²) in [7, 11) is 1.78. The molecule has 0 aliphatic carbocycles. The van der Waals surface area contributed by atoms with Gasteiger partial charge in [0.25, 0.3) is 5.91 Å². The summed E-state index contributed by atoms with van der Waals surface area (Å²) in [5.74, 6) is -0.278. The molecule has 0 bridgehead atoms. The third-order valence-electron chi connectivity index (χ3n) is 3.26. The van der Waals surface area contributed by atoms with Gasteiger partial charge in [-0.05, 0) is 11.6 Å². The number of rotatable bonds is 3. The number of anilines is 1. The number of hydrogen-bond donors (Lipinski definition) is 2. The highest BCUT2D eigenvalue weighted by molar-refractivity contribution is 6.00. The number of hydrogen-bond acceptors (Lipinski definition) is 3. The number of nitrogens with zero attached hydrogens (tertiary/aromatic N) is 2. The largest absolute Gasteiger partial charge is 0.345 e. The summed E-state index contributed by atoms with van der Waals surface area (Å²) in [5, 5.41) is 9.56. The Labute approximate surface area is 115 Å². The Balaban J connectivity index is 1.70. The number of carbonyl (C=O) groups excluding carboxylic acids is 2. The molecule has 3 rings (SSSR count). The average Bonchev–Trinajstić information content (AvgIpc) is 2.95. The van der Waals surface area contributed by atoms with Crippen molar-refractivity contribution >= 4 is 17.5 Å². The van der Waals surface area contributed by atoms with E-state index < -0.39 is 0 Å². The van der Waals surface area contributed by atoms with Crippen LogP contribution in [0.15, 0.2) is 36.7 Å². The molecule has 20 heavy (non-hydrogen) atoms. The lowest BCUT2D eigenvalue weighted by atomic mass is 10.0. The van der Waals surface area contributed by atoms with Crippen molar-refractivity contribution in [3.05, 3.63) is 47.8 Å². The third-order valence-corrected chi connectivity index (χ3v) is 3.26. The van der Waals surface area contributed by atoms with E-state index in [1.165, 1.54) is 0 Å². The summed E-state index contributed by atoms with van der Waals surface area (Å²) in [6.07, 6.45) is 3.51. The van der Waals surface area contributed by atoms with Crippen LogP contribution in [-0.4, -0.2) is 21.6 Å². The van der Waals surface area contributed by atoms with Crippen molar-refractivity contribution in [2.45, 2.75) is 12.5 Å². The summed E-state index contributed by atoms with van der Waals surface area (Å²) in [6.45, 7) is 0. The van der Waals surface area contributed by atoms with E-state index in [2.05, 4.69) is 15.7 Å². The summed E-state index contributed by atoms with van der Waals surface area (Å²) in [4.78, 5) is 23.8. The van der Waals surface area contributed by atoms with Crippen molar-refractivity contribution in [1.82, 2.24) is 15.1 Å². The number of aryl methyl sites for hydroxylation is 1.